The van der Waals surface area contributed by atoms with Gasteiger partial charge >= 0.3 is 0 Å². The number of amides is 2. The lowest BCUT2D eigenvalue weighted by Crippen LogP contribution is -2.55. The molecule has 2 rings (SSSR count). The molecule has 2 fully saturated rings. The second-order valence-electron chi connectivity index (χ2n) is 6.56. The van der Waals surface area contributed by atoms with E-state index in [-0.39, 0.29) is 17.9 Å². The summed E-state index contributed by atoms with van der Waals surface area (Å²) in [7, 11) is 0. The largest absolute Gasteiger partial charge is 0.342 e. The normalized spacial score (nSPS) is 26.8. The van der Waals surface area contributed by atoms with E-state index in [9.17, 15) is 9.59 Å². The van der Waals surface area contributed by atoms with Crippen molar-refractivity contribution >= 4 is 11.8 Å². The number of carbonyl (C=O) groups is 2. The molecule has 1 atom stereocenters. The van der Waals surface area contributed by atoms with Gasteiger partial charge in [0.1, 0.15) is 5.54 Å². The number of carbonyl (C=O) groups excluding carboxylic acids is 2. The Balaban J connectivity index is 2.12. The Morgan fingerprint density at radius 2 is 1.84 bits per heavy atom. The molecule has 0 bridgehead atoms. The topological polar surface area (TPSA) is 49.4 Å². The summed E-state index contributed by atoms with van der Waals surface area (Å²) in [4.78, 5) is 26.2. The number of nitrogens with zero attached hydrogens (tertiary/aromatic N) is 1. The van der Waals surface area contributed by atoms with E-state index in [0.29, 0.717) is 18.9 Å². The summed E-state index contributed by atoms with van der Waals surface area (Å²) < 4.78 is 0. The Hall–Kier alpha value is -1.06. The zero-order valence-electron chi connectivity index (χ0n) is 12.4. The molecule has 0 radical (unpaired) electrons. The first-order chi connectivity index (χ1) is 8.92. The zero-order valence-corrected chi connectivity index (χ0v) is 12.4. The van der Waals surface area contributed by atoms with Gasteiger partial charge in [0.2, 0.25) is 11.8 Å². The maximum atomic E-state index is 12.6. The molecular formula is C15H26N2O2. The number of rotatable bonds is 2. The molecule has 1 N–H and O–H groups in total. The minimum atomic E-state index is -0.767. The van der Waals surface area contributed by atoms with E-state index >= 15 is 0 Å². The Morgan fingerprint density at radius 1 is 1.21 bits per heavy atom. The molecule has 1 aliphatic carbocycles. The van der Waals surface area contributed by atoms with E-state index in [1.54, 1.807) is 13.8 Å². The highest BCUT2D eigenvalue weighted by Crippen LogP contribution is 2.30. The molecule has 1 saturated heterocycles. The molecule has 1 saturated carbocycles. The van der Waals surface area contributed by atoms with Gasteiger partial charge in [0.15, 0.2) is 0 Å². The summed E-state index contributed by atoms with van der Waals surface area (Å²) >= 11 is 0. The third kappa shape index (κ3) is 3.10. The van der Waals surface area contributed by atoms with Crippen molar-refractivity contribution in [3.8, 4) is 0 Å². The van der Waals surface area contributed by atoms with Gasteiger partial charge in [-0.05, 0) is 39.5 Å². The molecule has 0 aromatic carbocycles. The highest BCUT2D eigenvalue weighted by Gasteiger charge is 2.39. The first kappa shape index (κ1) is 14.4. The van der Waals surface area contributed by atoms with Gasteiger partial charge in [-0.25, -0.2) is 0 Å². The van der Waals surface area contributed by atoms with Crippen molar-refractivity contribution in [2.24, 2.45) is 5.92 Å². The van der Waals surface area contributed by atoms with E-state index in [4.69, 9.17) is 0 Å². The fraction of sp³-hybridized carbons (Fsp3) is 0.867. The number of hydrogen-bond donors (Lipinski definition) is 1. The molecule has 0 spiro atoms. The van der Waals surface area contributed by atoms with Gasteiger partial charge in [-0.3, -0.25) is 9.59 Å². The fourth-order valence-electron chi connectivity index (χ4n) is 3.41. The van der Waals surface area contributed by atoms with E-state index in [2.05, 4.69) is 12.2 Å². The third-order valence-electron chi connectivity index (χ3n) is 4.65. The Labute approximate surface area is 115 Å². The van der Waals surface area contributed by atoms with Crippen LogP contribution in [0.3, 0.4) is 0 Å². The van der Waals surface area contributed by atoms with Crippen LogP contribution in [0, 0.1) is 5.92 Å². The molecule has 0 aromatic heterocycles. The van der Waals surface area contributed by atoms with Crippen molar-refractivity contribution in [2.75, 3.05) is 6.54 Å². The van der Waals surface area contributed by atoms with Gasteiger partial charge in [0, 0.05) is 19.0 Å². The van der Waals surface area contributed by atoms with E-state index in [1.807, 2.05) is 4.90 Å². The standard InChI is InChI=1S/C15H26N2O2/c1-11(12-7-5-4-6-8-12)17-10-9-13(18)16-15(2,3)14(17)19/h11-12H,4-10H2,1-3H3,(H,16,18). The van der Waals surface area contributed by atoms with Crippen molar-refractivity contribution in [1.29, 1.82) is 0 Å². The molecule has 19 heavy (non-hydrogen) atoms. The maximum Gasteiger partial charge on any atom is 0.248 e. The molecular weight excluding hydrogens is 240 g/mol. The SMILES string of the molecule is CC(C1CCCCC1)N1CCC(=O)NC(C)(C)C1=O. The van der Waals surface area contributed by atoms with Crippen molar-refractivity contribution in [3.63, 3.8) is 0 Å². The van der Waals surface area contributed by atoms with Crippen LogP contribution in [0.4, 0.5) is 0 Å². The predicted octanol–water partition coefficient (Wildman–Crippen LogP) is 2.08. The average Bonchev–Trinajstić information content (AvgIpc) is 2.47. The number of hydrogen-bond acceptors (Lipinski definition) is 2. The number of nitrogens with one attached hydrogen (secondary N) is 1. The van der Waals surface area contributed by atoms with Crippen molar-refractivity contribution in [1.82, 2.24) is 10.2 Å². The molecule has 0 aromatic rings. The van der Waals surface area contributed by atoms with E-state index in [0.717, 1.165) is 0 Å². The summed E-state index contributed by atoms with van der Waals surface area (Å²) in [5, 5.41) is 2.83. The first-order valence-electron chi connectivity index (χ1n) is 7.54. The van der Waals surface area contributed by atoms with Crippen LogP contribution in [0.2, 0.25) is 0 Å². The van der Waals surface area contributed by atoms with Gasteiger partial charge < -0.3 is 10.2 Å². The van der Waals surface area contributed by atoms with Crippen LogP contribution in [0.15, 0.2) is 0 Å². The molecule has 4 heteroatoms. The van der Waals surface area contributed by atoms with Crippen LogP contribution >= 0.6 is 0 Å². The molecule has 2 aliphatic rings. The fourth-order valence-corrected chi connectivity index (χ4v) is 3.41. The first-order valence-corrected chi connectivity index (χ1v) is 7.54. The molecule has 1 unspecified atom stereocenters. The third-order valence-corrected chi connectivity index (χ3v) is 4.65. The molecule has 4 nitrogen and oxygen atoms in total. The Kier molecular flexibility index (Phi) is 4.16. The highest BCUT2D eigenvalue weighted by molar-refractivity contribution is 5.93. The van der Waals surface area contributed by atoms with E-state index < -0.39 is 5.54 Å². The summed E-state index contributed by atoms with van der Waals surface area (Å²) in [6.07, 6.45) is 6.73. The molecule has 1 heterocycles. The lowest BCUT2D eigenvalue weighted by atomic mass is 9.83. The molecule has 2 amide bonds. The quantitative estimate of drug-likeness (QED) is 0.832. The van der Waals surface area contributed by atoms with Crippen LogP contribution in [0.25, 0.3) is 0 Å². The minimum Gasteiger partial charge on any atom is -0.342 e. The summed E-state index contributed by atoms with van der Waals surface area (Å²) in [5.41, 5.74) is -0.767. The summed E-state index contributed by atoms with van der Waals surface area (Å²) in [5.74, 6) is 0.648. The molecule has 1 aliphatic heterocycles. The predicted molar refractivity (Wildman–Crippen MR) is 74.6 cm³/mol. The van der Waals surface area contributed by atoms with E-state index in [1.165, 1.54) is 32.1 Å². The van der Waals surface area contributed by atoms with Gasteiger partial charge in [0.05, 0.1) is 0 Å². The van der Waals surface area contributed by atoms with Crippen LogP contribution in [0.5, 0.6) is 0 Å². The maximum absolute atomic E-state index is 12.6. The van der Waals surface area contributed by atoms with Gasteiger partial charge in [-0.1, -0.05) is 19.3 Å². The lowest BCUT2D eigenvalue weighted by Gasteiger charge is -2.38. The van der Waals surface area contributed by atoms with Crippen LogP contribution in [-0.4, -0.2) is 34.8 Å². The smallest absolute Gasteiger partial charge is 0.248 e. The minimum absolute atomic E-state index is 0.0169. The highest BCUT2D eigenvalue weighted by atomic mass is 16.2. The van der Waals surface area contributed by atoms with Crippen LogP contribution in [0.1, 0.15) is 59.3 Å². The Bertz CT molecular complexity index is 359. The second kappa shape index (κ2) is 5.51. The van der Waals surface area contributed by atoms with Crippen LogP contribution in [-0.2, 0) is 9.59 Å². The second-order valence-corrected chi connectivity index (χ2v) is 6.56. The monoisotopic (exact) mass is 266 g/mol. The lowest BCUT2D eigenvalue weighted by molar-refractivity contribution is -0.140. The zero-order chi connectivity index (χ0) is 14.0. The van der Waals surface area contributed by atoms with Crippen molar-refractivity contribution in [2.45, 2.75) is 70.9 Å². The van der Waals surface area contributed by atoms with Crippen molar-refractivity contribution in [3.05, 3.63) is 0 Å². The average molecular weight is 266 g/mol. The summed E-state index contributed by atoms with van der Waals surface area (Å²) in [6.45, 7) is 6.32. The molecule has 108 valence electrons. The van der Waals surface area contributed by atoms with Crippen molar-refractivity contribution < 1.29 is 9.59 Å². The van der Waals surface area contributed by atoms with Crippen LogP contribution < -0.4 is 5.32 Å². The van der Waals surface area contributed by atoms with Gasteiger partial charge in [-0.15, -0.1) is 0 Å². The summed E-state index contributed by atoms with van der Waals surface area (Å²) in [6, 6.07) is 0.250. The van der Waals surface area contributed by atoms with Gasteiger partial charge in [0.25, 0.3) is 0 Å². The van der Waals surface area contributed by atoms with Gasteiger partial charge in [-0.2, -0.15) is 0 Å². The Morgan fingerprint density at radius 3 is 2.47 bits per heavy atom.